The Bertz CT molecular complexity index is 406. The Morgan fingerprint density at radius 2 is 1.79 bits per heavy atom. The third-order valence-corrected chi connectivity index (χ3v) is 3.47. The van der Waals surface area contributed by atoms with Crippen LogP contribution in [0.2, 0.25) is 5.02 Å². The first-order chi connectivity index (χ1) is 9.25. The standard InChI is InChI=1S/C14H24ClN3O/c1-2-3-4-5-6-7-8-9-10-16-13-12(15)14(19)18-11-17-13/h11H,2-10H2,1H3,(H2,16,17,18,19). The molecular formula is C14H24ClN3O. The number of hydrogen-bond acceptors (Lipinski definition) is 3. The Morgan fingerprint density at radius 1 is 1.16 bits per heavy atom. The molecule has 19 heavy (non-hydrogen) atoms. The zero-order chi connectivity index (χ0) is 13.9. The van der Waals surface area contributed by atoms with Gasteiger partial charge in [0.05, 0.1) is 6.33 Å². The van der Waals surface area contributed by atoms with Crippen LogP contribution in [-0.2, 0) is 0 Å². The zero-order valence-electron chi connectivity index (χ0n) is 11.7. The fourth-order valence-electron chi connectivity index (χ4n) is 1.97. The number of rotatable bonds is 10. The summed E-state index contributed by atoms with van der Waals surface area (Å²) in [6, 6.07) is 0. The lowest BCUT2D eigenvalue weighted by atomic mass is 10.1. The van der Waals surface area contributed by atoms with Crippen molar-refractivity contribution < 1.29 is 0 Å². The zero-order valence-corrected chi connectivity index (χ0v) is 12.4. The lowest BCUT2D eigenvalue weighted by Crippen LogP contribution is -2.12. The molecule has 0 aliphatic heterocycles. The van der Waals surface area contributed by atoms with E-state index in [1.54, 1.807) is 0 Å². The molecule has 0 unspecified atom stereocenters. The monoisotopic (exact) mass is 285 g/mol. The predicted molar refractivity (Wildman–Crippen MR) is 81.0 cm³/mol. The lowest BCUT2D eigenvalue weighted by Gasteiger charge is -2.06. The average molecular weight is 286 g/mol. The number of H-pyrrole nitrogens is 1. The van der Waals surface area contributed by atoms with E-state index in [9.17, 15) is 4.79 Å². The van der Waals surface area contributed by atoms with Crippen molar-refractivity contribution in [2.75, 3.05) is 11.9 Å². The van der Waals surface area contributed by atoms with Crippen molar-refractivity contribution in [3.63, 3.8) is 0 Å². The third-order valence-electron chi connectivity index (χ3n) is 3.12. The molecule has 0 amide bonds. The van der Waals surface area contributed by atoms with E-state index in [2.05, 4.69) is 22.2 Å². The molecule has 0 saturated carbocycles. The molecule has 0 bridgehead atoms. The highest BCUT2D eigenvalue weighted by Gasteiger charge is 2.03. The number of nitrogens with one attached hydrogen (secondary N) is 2. The van der Waals surface area contributed by atoms with Gasteiger partial charge < -0.3 is 10.3 Å². The van der Waals surface area contributed by atoms with Gasteiger partial charge in [0, 0.05) is 6.54 Å². The molecule has 1 aromatic rings. The molecule has 2 N–H and O–H groups in total. The van der Waals surface area contributed by atoms with Gasteiger partial charge in [-0.25, -0.2) is 4.98 Å². The molecule has 0 aliphatic carbocycles. The molecular weight excluding hydrogens is 262 g/mol. The fourth-order valence-corrected chi connectivity index (χ4v) is 2.14. The van der Waals surface area contributed by atoms with Crippen LogP contribution >= 0.6 is 11.6 Å². The minimum atomic E-state index is -0.296. The fraction of sp³-hybridized carbons (Fsp3) is 0.714. The second kappa shape index (κ2) is 9.84. The summed E-state index contributed by atoms with van der Waals surface area (Å²) < 4.78 is 0. The first-order valence-electron chi connectivity index (χ1n) is 7.22. The van der Waals surface area contributed by atoms with E-state index >= 15 is 0 Å². The van der Waals surface area contributed by atoms with E-state index in [0.29, 0.717) is 5.82 Å². The summed E-state index contributed by atoms with van der Waals surface area (Å²) in [4.78, 5) is 17.7. The number of aromatic amines is 1. The molecule has 4 nitrogen and oxygen atoms in total. The molecule has 0 aliphatic rings. The van der Waals surface area contributed by atoms with Crippen LogP contribution in [0, 0.1) is 0 Å². The molecule has 1 aromatic heterocycles. The summed E-state index contributed by atoms with van der Waals surface area (Å²) in [7, 11) is 0. The minimum Gasteiger partial charge on any atom is -0.369 e. The Labute approximate surface area is 120 Å². The average Bonchev–Trinajstić information content (AvgIpc) is 2.41. The first-order valence-corrected chi connectivity index (χ1v) is 7.60. The van der Waals surface area contributed by atoms with Crippen LogP contribution in [0.3, 0.4) is 0 Å². The molecule has 1 rings (SSSR count). The summed E-state index contributed by atoms with van der Waals surface area (Å²) in [5.41, 5.74) is -0.296. The van der Waals surface area contributed by atoms with Gasteiger partial charge in [-0.2, -0.15) is 0 Å². The summed E-state index contributed by atoms with van der Waals surface area (Å²) in [5, 5.41) is 3.24. The highest BCUT2D eigenvalue weighted by molar-refractivity contribution is 6.32. The molecule has 0 radical (unpaired) electrons. The Hall–Kier alpha value is -1.03. The van der Waals surface area contributed by atoms with Gasteiger partial charge in [-0.1, -0.05) is 63.5 Å². The van der Waals surface area contributed by atoms with Crippen molar-refractivity contribution in [1.29, 1.82) is 0 Å². The smallest absolute Gasteiger partial charge is 0.271 e. The summed E-state index contributed by atoms with van der Waals surface area (Å²) >= 11 is 5.84. The number of aromatic nitrogens is 2. The molecule has 108 valence electrons. The van der Waals surface area contributed by atoms with Gasteiger partial charge in [-0.15, -0.1) is 0 Å². The molecule has 0 spiro atoms. The van der Waals surface area contributed by atoms with Gasteiger partial charge in [-0.3, -0.25) is 4.79 Å². The van der Waals surface area contributed by atoms with Crippen molar-refractivity contribution in [3.05, 3.63) is 21.7 Å². The van der Waals surface area contributed by atoms with E-state index < -0.39 is 0 Å². The highest BCUT2D eigenvalue weighted by atomic mass is 35.5. The van der Waals surface area contributed by atoms with Crippen molar-refractivity contribution in [2.24, 2.45) is 0 Å². The van der Waals surface area contributed by atoms with Crippen LogP contribution in [0.15, 0.2) is 11.1 Å². The Morgan fingerprint density at radius 3 is 2.47 bits per heavy atom. The number of halogens is 1. The van der Waals surface area contributed by atoms with Gasteiger partial charge in [0.1, 0.15) is 5.02 Å². The van der Waals surface area contributed by atoms with E-state index in [1.807, 2.05) is 0 Å². The van der Waals surface area contributed by atoms with E-state index in [4.69, 9.17) is 11.6 Å². The van der Waals surface area contributed by atoms with E-state index in [1.165, 1.54) is 51.3 Å². The summed E-state index contributed by atoms with van der Waals surface area (Å²) in [5.74, 6) is 0.480. The number of nitrogens with zero attached hydrogens (tertiary/aromatic N) is 1. The highest BCUT2D eigenvalue weighted by Crippen LogP contribution is 2.13. The predicted octanol–water partition coefficient (Wildman–Crippen LogP) is 3.98. The van der Waals surface area contributed by atoms with Crippen molar-refractivity contribution in [1.82, 2.24) is 9.97 Å². The van der Waals surface area contributed by atoms with Gasteiger partial charge in [0.2, 0.25) is 0 Å². The molecule has 0 fully saturated rings. The van der Waals surface area contributed by atoms with Gasteiger partial charge in [-0.05, 0) is 6.42 Å². The lowest BCUT2D eigenvalue weighted by molar-refractivity contribution is 0.581. The van der Waals surface area contributed by atoms with Crippen LogP contribution in [0.5, 0.6) is 0 Å². The van der Waals surface area contributed by atoms with Crippen LogP contribution in [0.1, 0.15) is 58.3 Å². The molecule has 5 heteroatoms. The van der Waals surface area contributed by atoms with Crippen molar-refractivity contribution >= 4 is 17.4 Å². The maximum Gasteiger partial charge on any atom is 0.271 e. The first kappa shape index (κ1) is 16.0. The summed E-state index contributed by atoms with van der Waals surface area (Å²) in [6.07, 6.45) is 11.6. The SMILES string of the molecule is CCCCCCCCCCNc1nc[nH]c(=O)c1Cl. The quantitative estimate of drug-likeness (QED) is 0.639. The van der Waals surface area contributed by atoms with Crippen LogP contribution < -0.4 is 10.9 Å². The van der Waals surface area contributed by atoms with Crippen LogP contribution in [-0.4, -0.2) is 16.5 Å². The van der Waals surface area contributed by atoms with Gasteiger partial charge in [0.25, 0.3) is 5.56 Å². The van der Waals surface area contributed by atoms with Crippen molar-refractivity contribution in [2.45, 2.75) is 58.3 Å². The second-order valence-corrected chi connectivity index (χ2v) is 5.17. The molecule has 0 saturated heterocycles. The van der Waals surface area contributed by atoms with Crippen molar-refractivity contribution in [3.8, 4) is 0 Å². The maximum absolute atomic E-state index is 11.2. The normalized spacial score (nSPS) is 10.6. The van der Waals surface area contributed by atoms with E-state index in [0.717, 1.165) is 13.0 Å². The second-order valence-electron chi connectivity index (χ2n) is 4.80. The Balaban J connectivity index is 2.05. The molecule has 0 atom stereocenters. The molecule has 1 heterocycles. The number of hydrogen-bond donors (Lipinski definition) is 2. The largest absolute Gasteiger partial charge is 0.369 e. The minimum absolute atomic E-state index is 0.141. The maximum atomic E-state index is 11.2. The summed E-state index contributed by atoms with van der Waals surface area (Å²) in [6.45, 7) is 3.05. The number of anilines is 1. The van der Waals surface area contributed by atoms with Crippen LogP contribution in [0.25, 0.3) is 0 Å². The van der Waals surface area contributed by atoms with E-state index in [-0.39, 0.29) is 10.6 Å². The molecule has 0 aromatic carbocycles. The van der Waals surface area contributed by atoms with Gasteiger partial charge in [0.15, 0.2) is 5.82 Å². The Kier molecular flexibility index (Phi) is 8.30. The number of unbranched alkanes of at least 4 members (excludes halogenated alkanes) is 7. The topological polar surface area (TPSA) is 57.8 Å². The third kappa shape index (κ3) is 6.62. The van der Waals surface area contributed by atoms with Gasteiger partial charge >= 0.3 is 0 Å². The van der Waals surface area contributed by atoms with Crippen LogP contribution in [0.4, 0.5) is 5.82 Å².